The van der Waals surface area contributed by atoms with Crippen molar-refractivity contribution in [3.05, 3.63) is 30.5 Å². The van der Waals surface area contributed by atoms with E-state index in [0.29, 0.717) is 24.7 Å². The van der Waals surface area contributed by atoms with Crippen LogP contribution in [0.25, 0.3) is 0 Å². The van der Waals surface area contributed by atoms with Gasteiger partial charge in [-0.1, -0.05) is 6.58 Å². The molecule has 1 aromatic rings. The Morgan fingerprint density at radius 3 is 2.92 bits per heavy atom. The molecule has 2 aliphatic heterocycles. The molecule has 3 atom stereocenters. The molecule has 0 radical (unpaired) electrons. The molecule has 2 unspecified atom stereocenters. The number of halogens is 3. The van der Waals surface area contributed by atoms with Crippen molar-refractivity contribution in [3.8, 4) is 5.75 Å². The van der Waals surface area contributed by atoms with E-state index in [1.165, 1.54) is 6.08 Å². The average molecular weight is 368 g/mol. The molecule has 3 heterocycles. The van der Waals surface area contributed by atoms with Gasteiger partial charge in [0.1, 0.15) is 0 Å². The predicted molar refractivity (Wildman–Crippen MR) is 92.2 cm³/mol. The summed E-state index contributed by atoms with van der Waals surface area (Å²) in [4.78, 5) is 17.6. The van der Waals surface area contributed by atoms with Crippen LogP contribution in [-0.2, 0) is 11.0 Å². The van der Waals surface area contributed by atoms with Crippen molar-refractivity contribution in [2.45, 2.75) is 57.3 Å². The number of ether oxygens (including phenoxy) is 1. The minimum absolute atomic E-state index is 0.0525. The van der Waals surface area contributed by atoms with Crippen LogP contribution in [0, 0.1) is 5.92 Å². The topological polar surface area (TPSA) is 42.4 Å². The van der Waals surface area contributed by atoms with Gasteiger partial charge >= 0.3 is 6.18 Å². The summed E-state index contributed by atoms with van der Waals surface area (Å²) < 4.78 is 44.7. The summed E-state index contributed by atoms with van der Waals surface area (Å²) in [5.41, 5.74) is -0.792. The van der Waals surface area contributed by atoms with Gasteiger partial charge in [-0.15, -0.1) is 0 Å². The molecule has 0 aliphatic carbocycles. The van der Waals surface area contributed by atoms with Crippen LogP contribution >= 0.6 is 0 Å². The molecular weight excluding hydrogens is 345 g/mol. The van der Waals surface area contributed by atoms with Crippen molar-refractivity contribution >= 4 is 11.6 Å². The lowest BCUT2D eigenvalue weighted by Crippen LogP contribution is -2.43. The molecule has 4 nitrogen and oxygen atoms in total. The third kappa shape index (κ3) is 4.02. The van der Waals surface area contributed by atoms with Gasteiger partial charge in [0.15, 0.2) is 17.4 Å². The molecule has 1 saturated heterocycles. The number of allylic oxidation sites excluding steroid dienone is 1. The van der Waals surface area contributed by atoms with Gasteiger partial charge in [-0.2, -0.15) is 13.2 Å². The van der Waals surface area contributed by atoms with E-state index in [0.717, 1.165) is 37.9 Å². The highest BCUT2D eigenvalue weighted by atomic mass is 19.4. The maximum absolute atomic E-state index is 13.0. The van der Waals surface area contributed by atoms with E-state index in [9.17, 15) is 18.0 Å². The van der Waals surface area contributed by atoms with Crippen LogP contribution in [0.5, 0.6) is 5.75 Å². The lowest BCUT2D eigenvalue weighted by molar-refractivity contribution is -0.138. The molecule has 1 fully saturated rings. The van der Waals surface area contributed by atoms with Gasteiger partial charge in [0, 0.05) is 31.6 Å². The lowest BCUT2D eigenvalue weighted by Gasteiger charge is -2.39. The van der Waals surface area contributed by atoms with Gasteiger partial charge < -0.3 is 9.64 Å². The zero-order valence-corrected chi connectivity index (χ0v) is 14.8. The smallest absolute Gasteiger partial charge is 0.418 e. The molecule has 0 saturated carbocycles. The SMILES string of the molecule is C=CC(=O)CCC1CCN2c3ncc(C(F)(F)F)cc3OC(C)C[C@H]2C1. The monoisotopic (exact) mass is 368 g/mol. The summed E-state index contributed by atoms with van der Waals surface area (Å²) in [5.74, 6) is 1.17. The summed E-state index contributed by atoms with van der Waals surface area (Å²) in [7, 11) is 0. The number of anilines is 1. The number of nitrogens with zero attached hydrogens (tertiary/aromatic N) is 2. The molecule has 0 amide bonds. The molecule has 2 aliphatic rings. The highest BCUT2D eigenvalue weighted by Crippen LogP contribution is 2.41. The minimum Gasteiger partial charge on any atom is -0.487 e. The number of rotatable bonds is 4. The molecule has 142 valence electrons. The Labute approximate surface area is 151 Å². The number of piperidine rings is 1. The molecular formula is C19H23F3N2O2. The summed E-state index contributed by atoms with van der Waals surface area (Å²) in [6.45, 7) is 6.08. The fourth-order valence-corrected chi connectivity index (χ4v) is 3.89. The number of hydrogen-bond acceptors (Lipinski definition) is 4. The molecule has 0 spiro atoms. The van der Waals surface area contributed by atoms with Crippen molar-refractivity contribution in [1.29, 1.82) is 0 Å². The van der Waals surface area contributed by atoms with E-state index >= 15 is 0 Å². The Morgan fingerprint density at radius 2 is 2.23 bits per heavy atom. The van der Waals surface area contributed by atoms with Crippen molar-refractivity contribution in [3.63, 3.8) is 0 Å². The van der Waals surface area contributed by atoms with E-state index < -0.39 is 11.7 Å². The van der Waals surface area contributed by atoms with E-state index in [1.54, 1.807) is 0 Å². The molecule has 3 rings (SSSR count). The van der Waals surface area contributed by atoms with Gasteiger partial charge in [0.25, 0.3) is 0 Å². The zero-order valence-electron chi connectivity index (χ0n) is 14.8. The first kappa shape index (κ1) is 18.7. The Kier molecular flexibility index (Phi) is 5.25. The second kappa shape index (κ2) is 7.29. The lowest BCUT2D eigenvalue weighted by atomic mass is 9.85. The number of carbonyl (C=O) groups is 1. The first-order valence-electron chi connectivity index (χ1n) is 8.93. The molecule has 7 heteroatoms. The Morgan fingerprint density at radius 1 is 1.46 bits per heavy atom. The quantitative estimate of drug-likeness (QED) is 0.739. The van der Waals surface area contributed by atoms with Crippen LogP contribution in [0.15, 0.2) is 24.9 Å². The number of carbonyl (C=O) groups excluding carboxylic acids is 1. The van der Waals surface area contributed by atoms with Gasteiger partial charge in [-0.3, -0.25) is 4.79 Å². The number of alkyl halides is 3. The highest BCUT2D eigenvalue weighted by molar-refractivity contribution is 5.88. The summed E-state index contributed by atoms with van der Waals surface area (Å²) in [5, 5.41) is 0. The largest absolute Gasteiger partial charge is 0.487 e. The number of fused-ring (bicyclic) bond motifs is 3. The van der Waals surface area contributed by atoms with Crippen LogP contribution in [0.4, 0.5) is 19.0 Å². The number of ketones is 1. The van der Waals surface area contributed by atoms with Gasteiger partial charge in [-0.05, 0) is 44.2 Å². The van der Waals surface area contributed by atoms with Crippen molar-refractivity contribution in [2.24, 2.45) is 5.92 Å². The first-order chi connectivity index (χ1) is 12.3. The van der Waals surface area contributed by atoms with Crippen LogP contribution in [-0.4, -0.2) is 29.5 Å². The highest BCUT2D eigenvalue weighted by Gasteiger charge is 2.37. The average Bonchev–Trinajstić information content (AvgIpc) is 2.72. The summed E-state index contributed by atoms with van der Waals surface area (Å²) in [6.07, 6.45) is 1.42. The van der Waals surface area contributed by atoms with Gasteiger partial charge in [0.05, 0.1) is 11.7 Å². The van der Waals surface area contributed by atoms with Crippen LogP contribution in [0.1, 0.15) is 44.6 Å². The second-order valence-corrected chi connectivity index (χ2v) is 7.15. The normalized spacial score (nSPS) is 25.5. The number of aromatic nitrogens is 1. The summed E-state index contributed by atoms with van der Waals surface area (Å²) >= 11 is 0. The number of hydrogen-bond donors (Lipinski definition) is 0. The minimum atomic E-state index is -4.44. The Bertz CT molecular complexity index is 690. The molecule has 26 heavy (non-hydrogen) atoms. The van der Waals surface area contributed by atoms with Crippen molar-refractivity contribution in [2.75, 3.05) is 11.4 Å². The molecule has 1 aromatic heterocycles. The van der Waals surface area contributed by atoms with Crippen molar-refractivity contribution in [1.82, 2.24) is 4.98 Å². The fourth-order valence-electron chi connectivity index (χ4n) is 3.89. The molecule has 0 N–H and O–H groups in total. The van der Waals surface area contributed by atoms with Crippen LogP contribution in [0.2, 0.25) is 0 Å². The summed E-state index contributed by atoms with van der Waals surface area (Å²) in [6, 6.07) is 1.21. The van der Waals surface area contributed by atoms with Gasteiger partial charge in [-0.25, -0.2) is 4.98 Å². The Balaban J connectivity index is 1.79. The first-order valence-corrected chi connectivity index (χ1v) is 8.93. The van der Waals surface area contributed by atoms with Crippen molar-refractivity contribution < 1.29 is 22.7 Å². The van der Waals surface area contributed by atoms with Crippen LogP contribution < -0.4 is 9.64 Å². The molecule has 0 bridgehead atoms. The van der Waals surface area contributed by atoms with Gasteiger partial charge in [0.2, 0.25) is 0 Å². The maximum atomic E-state index is 13.0. The fraction of sp³-hybridized carbons (Fsp3) is 0.579. The maximum Gasteiger partial charge on any atom is 0.418 e. The van der Waals surface area contributed by atoms with E-state index in [1.807, 2.05) is 6.92 Å². The van der Waals surface area contributed by atoms with E-state index in [-0.39, 0.29) is 23.7 Å². The third-order valence-corrected chi connectivity index (χ3v) is 5.22. The predicted octanol–water partition coefficient (Wildman–Crippen LogP) is 4.39. The number of pyridine rings is 1. The Hall–Kier alpha value is -2.05. The zero-order chi connectivity index (χ0) is 18.9. The third-order valence-electron chi connectivity index (χ3n) is 5.22. The standard InChI is InChI=1S/C19H23F3N2O2/c1-3-16(25)5-4-13-6-7-24-15(9-13)8-12(2)26-17-10-14(19(20,21)22)11-23-18(17)24/h3,10-13,15H,1,4-9H2,2H3/t12?,13?,15-/m0/s1. The van der Waals surface area contributed by atoms with E-state index in [2.05, 4.69) is 16.5 Å². The van der Waals surface area contributed by atoms with E-state index in [4.69, 9.17) is 4.74 Å². The second-order valence-electron chi connectivity index (χ2n) is 7.15. The molecule has 0 aromatic carbocycles. The van der Waals surface area contributed by atoms with Crippen LogP contribution in [0.3, 0.4) is 0 Å².